The van der Waals surface area contributed by atoms with E-state index >= 15 is 0 Å². The summed E-state index contributed by atoms with van der Waals surface area (Å²) in [6, 6.07) is 4.05. The first-order valence-corrected chi connectivity index (χ1v) is 17.8. The maximum absolute atomic E-state index is 14.1. The van der Waals surface area contributed by atoms with Crippen LogP contribution in [0, 0.1) is 11.8 Å². The fourth-order valence-corrected chi connectivity index (χ4v) is 6.92. The maximum Gasteiger partial charge on any atom is 0.326 e. The summed E-state index contributed by atoms with van der Waals surface area (Å²) in [4.78, 5) is 72.9. The molecular weight excluding hydrogens is 648 g/mol. The molecule has 1 aromatic carbocycles. The molecule has 49 heavy (non-hydrogen) atoms. The number of carbonyl (C=O) groups excluding carboxylic acids is 4. The number of piperidine rings is 1. The van der Waals surface area contributed by atoms with Crippen molar-refractivity contribution in [3.05, 3.63) is 45.9 Å². The van der Waals surface area contributed by atoms with Crippen LogP contribution < -0.4 is 16.4 Å². The average Bonchev–Trinajstić information content (AvgIpc) is 3.55. The summed E-state index contributed by atoms with van der Waals surface area (Å²) < 4.78 is 5.69. The van der Waals surface area contributed by atoms with Gasteiger partial charge in [-0.1, -0.05) is 52.7 Å². The predicted molar refractivity (Wildman–Crippen MR) is 188 cm³/mol. The molecule has 1 saturated heterocycles. The van der Waals surface area contributed by atoms with Gasteiger partial charge in [0.2, 0.25) is 11.8 Å². The van der Waals surface area contributed by atoms with E-state index in [1.165, 1.54) is 12.3 Å². The number of carboxylic acid groups (broad SMARTS) is 1. The number of carbonyl (C=O) groups is 5. The number of benzene rings is 1. The highest BCUT2D eigenvalue weighted by molar-refractivity contribution is 7.09. The molecule has 270 valence electrons. The molecule has 0 radical (unpaired) electrons. The first kappa shape index (κ1) is 39.4. The van der Waals surface area contributed by atoms with Gasteiger partial charge in [0.05, 0.1) is 6.04 Å². The summed E-state index contributed by atoms with van der Waals surface area (Å²) in [7, 11) is 3.62. The number of likely N-dealkylation sites (tertiary alicyclic amines) is 1. The molecule has 5 N–H and O–H groups in total. The van der Waals surface area contributed by atoms with E-state index in [-0.39, 0.29) is 48.2 Å². The van der Waals surface area contributed by atoms with Crippen LogP contribution in [0.15, 0.2) is 29.6 Å². The fraction of sp³-hybridized carbons (Fsp3) is 0.600. The van der Waals surface area contributed by atoms with Gasteiger partial charge in [-0.05, 0) is 56.0 Å². The van der Waals surface area contributed by atoms with Gasteiger partial charge in [-0.3, -0.25) is 24.1 Å². The number of nitrogens with zero attached hydrogens (tertiary/aromatic N) is 3. The Balaban J connectivity index is 1.79. The summed E-state index contributed by atoms with van der Waals surface area (Å²) in [5.41, 5.74) is 6.94. The standard InChI is InChI=1S/C35H52N6O7S/c1-8-21(4)30(39-32(44)27-11-9-10-16-40(27)6)34(45)41(7)28(20(2)3)18-29(48-22(5)42)33-38-26(19-49-33)31(43)37-25(35(46)47)17-23-12-14-24(36)15-13-23/h12-15,19-21,25,27-30H,8-11,16-18,36H2,1-7H3,(H,37,43)(H,39,44)(H,46,47). The van der Waals surface area contributed by atoms with Gasteiger partial charge in [0.15, 0.2) is 6.10 Å². The fourth-order valence-electron chi connectivity index (χ4n) is 6.08. The summed E-state index contributed by atoms with van der Waals surface area (Å²) in [6.45, 7) is 9.95. The average molecular weight is 701 g/mol. The molecule has 2 aromatic rings. The second-order valence-corrected chi connectivity index (χ2v) is 14.2. The Labute approximate surface area is 293 Å². The Hall–Kier alpha value is -4.04. The van der Waals surface area contributed by atoms with Crippen molar-refractivity contribution < 1.29 is 33.8 Å². The molecule has 0 saturated carbocycles. The van der Waals surface area contributed by atoms with Crippen molar-refractivity contribution >= 4 is 46.7 Å². The number of carboxylic acids is 1. The Kier molecular flexibility index (Phi) is 14.5. The zero-order valence-corrected chi connectivity index (χ0v) is 30.4. The number of nitrogens with two attached hydrogens (primary N) is 1. The van der Waals surface area contributed by atoms with Gasteiger partial charge >= 0.3 is 11.9 Å². The minimum atomic E-state index is -1.21. The zero-order chi connectivity index (χ0) is 36.4. The third-order valence-electron chi connectivity index (χ3n) is 9.28. The topological polar surface area (TPSA) is 184 Å². The van der Waals surface area contributed by atoms with Gasteiger partial charge in [0, 0.05) is 43.9 Å². The van der Waals surface area contributed by atoms with Crippen LogP contribution in [-0.4, -0.2) is 94.4 Å². The van der Waals surface area contributed by atoms with Crippen molar-refractivity contribution in [2.75, 3.05) is 26.4 Å². The van der Waals surface area contributed by atoms with Gasteiger partial charge in [-0.15, -0.1) is 11.3 Å². The molecule has 2 heterocycles. The van der Waals surface area contributed by atoms with Crippen molar-refractivity contribution in [2.45, 2.75) is 103 Å². The predicted octanol–water partition coefficient (Wildman–Crippen LogP) is 3.64. The zero-order valence-electron chi connectivity index (χ0n) is 29.6. The summed E-state index contributed by atoms with van der Waals surface area (Å²) in [6.07, 6.45) is 2.77. The van der Waals surface area contributed by atoms with Gasteiger partial charge in [-0.2, -0.15) is 0 Å². The van der Waals surface area contributed by atoms with E-state index in [1.807, 2.05) is 39.6 Å². The highest BCUT2D eigenvalue weighted by Gasteiger charge is 2.37. The number of aliphatic carboxylic acids is 1. The Bertz CT molecular complexity index is 1450. The van der Waals surface area contributed by atoms with E-state index in [4.69, 9.17) is 10.5 Å². The summed E-state index contributed by atoms with van der Waals surface area (Å²) in [5.74, 6) is -3.03. The lowest BCUT2D eigenvalue weighted by Gasteiger charge is -2.38. The minimum Gasteiger partial charge on any atom is -0.480 e. The number of esters is 1. The Morgan fingerprint density at radius 1 is 1.12 bits per heavy atom. The quantitative estimate of drug-likeness (QED) is 0.149. The molecule has 1 fully saturated rings. The summed E-state index contributed by atoms with van der Waals surface area (Å²) >= 11 is 1.11. The van der Waals surface area contributed by atoms with Gasteiger partial charge in [0.25, 0.3) is 5.91 Å². The lowest BCUT2D eigenvalue weighted by Crippen LogP contribution is -2.58. The van der Waals surface area contributed by atoms with E-state index in [9.17, 15) is 29.1 Å². The number of amides is 3. The van der Waals surface area contributed by atoms with Crippen LogP contribution in [0.5, 0.6) is 0 Å². The van der Waals surface area contributed by atoms with E-state index in [0.717, 1.165) is 37.1 Å². The van der Waals surface area contributed by atoms with Gasteiger partial charge in [0.1, 0.15) is 22.8 Å². The molecule has 1 aliphatic rings. The molecule has 3 amide bonds. The van der Waals surface area contributed by atoms with Crippen LogP contribution in [0.1, 0.15) is 93.9 Å². The van der Waals surface area contributed by atoms with Crippen molar-refractivity contribution in [3.8, 4) is 0 Å². The smallest absolute Gasteiger partial charge is 0.326 e. The van der Waals surface area contributed by atoms with Crippen LogP contribution in [0.25, 0.3) is 0 Å². The highest BCUT2D eigenvalue weighted by Crippen LogP contribution is 2.31. The Morgan fingerprint density at radius 3 is 2.37 bits per heavy atom. The molecule has 0 bridgehead atoms. The second kappa shape index (κ2) is 18.1. The molecule has 6 unspecified atom stereocenters. The molecular formula is C35H52N6O7S. The number of nitrogens with one attached hydrogen (secondary N) is 2. The van der Waals surface area contributed by atoms with Crippen molar-refractivity contribution in [1.29, 1.82) is 0 Å². The molecule has 6 atom stereocenters. The second-order valence-electron chi connectivity index (χ2n) is 13.3. The third kappa shape index (κ3) is 11.0. The molecule has 14 heteroatoms. The van der Waals surface area contributed by atoms with Crippen LogP contribution in [-0.2, 0) is 30.3 Å². The van der Waals surface area contributed by atoms with Crippen LogP contribution >= 0.6 is 11.3 Å². The number of thiazole rings is 1. The number of hydrogen-bond donors (Lipinski definition) is 4. The van der Waals surface area contributed by atoms with E-state index in [2.05, 4.69) is 15.6 Å². The normalized spacial score (nSPS) is 18.1. The van der Waals surface area contributed by atoms with Crippen LogP contribution in [0.4, 0.5) is 5.69 Å². The SMILES string of the molecule is CCC(C)C(NC(=O)C1CCCCN1C)C(=O)N(C)C(CC(OC(C)=O)c1nc(C(=O)NC(Cc2ccc(N)cc2)C(=O)O)cs1)C(C)C. The van der Waals surface area contributed by atoms with Gasteiger partial charge in [-0.25, -0.2) is 9.78 Å². The van der Waals surface area contributed by atoms with Crippen molar-refractivity contribution in [3.63, 3.8) is 0 Å². The van der Waals surface area contributed by atoms with Crippen LogP contribution in [0.2, 0.25) is 0 Å². The third-order valence-corrected chi connectivity index (χ3v) is 10.2. The van der Waals surface area contributed by atoms with E-state index in [1.54, 1.807) is 36.2 Å². The number of ether oxygens (including phenoxy) is 1. The molecule has 0 spiro atoms. The van der Waals surface area contributed by atoms with Crippen molar-refractivity contribution in [1.82, 2.24) is 25.4 Å². The van der Waals surface area contributed by atoms with E-state index < -0.39 is 42.1 Å². The first-order chi connectivity index (χ1) is 23.1. The Morgan fingerprint density at radius 2 is 1.80 bits per heavy atom. The summed E-state index contributed by atoms with van der Waals surface area (Å²) in [5, 5.41) is 17.2. The molecule has 1 aromatic heterocycles. The molecule has 3 rings (SSSR count). The van der Waals surface area contributed by atoms with E-state index in [0.29, 0.717) is 22.7 Å². The van der Waals surface area contributed by atoms with Gasteiger partial charge < -0.3 is 31.1 Å². The number of anilines is 1. The largest absolute Gasteiger partial charge is 0.480 e. The molecule has 1 aliphatic heterocycles. The minimum absolute atomic E-state index is 0.0153. The number of rotatable bonds is 16. The lowest BCUT2D eigenvalue weighted by atomic mass is 9.92. The molecule has 0 aliphatic carbocycles. The van der Waals surface area contributed by atoms with Crippen molar-refractivity contribution in [2.24, 2.45) is 11.8 Å². The number of aromatic nitrogens is 1. The maximum atomic E-state index is 14.1. The number of hydrogen-bond acceptors (Lipinski definition) is 10. The first-order valence-electron chi connectivity index (χ1n) is 16.9. The highest BCUT2D eigenvalue weighted by atomic mass is 32.1. The molecule has 13 nitrogen and oxygen atoms in total. The number of nitrogen functional groups attached to an aromatic ring is 1. The number of likely N-dealkylation sites (N-methyl/N-ethyl adjacent to an activating group) is 2. The van der Waals surface area contributed by atoms with Crippen LogP contribution in [0.3, 0.4) is 0 Å². The lowest BCUT2D eigenvalue weighted by molar-refractivity contribution is -0.149. The monoisotopic (exact) mass is 700 g/mol.